The Hall–Kier alpha value is -1.69. The lowest BCUT2D eigenvalue weighted by molar-refractivity contribution is -0.148. The molecule has 4 fully saturated rings. The van der Waals surface area contributed by atoms with Gasteiger partial charge in [0.25, 0.3) is 0 Å². The van der Waals surface area contributed by atoms with Crippen LogP contribution in [-0.4, -0.2) is 24.2 Å². The van der Waals surface area contributed by atoms with Gasteiger partial charge in [-0.2, -0.15) is 0 Å². The summed E-state index contributed by atoms with van der Waals surface area (Å²) in [6.45, 7) is 2.59. The largest absolute Gasteiger partial charge is 0.494 e. The summed E-state index contributed by atoms with van der Waals surface area (Å²) in [5.41, 5.74) is 5.12. The molecule has 4 saturated carbocycles. The average Bonchev–Trinajstić information content (AvgIpc) is 2.64. The second kappa shape index (κ2) is 7.74. The summed E-state index contributed by atoms with van der Waals surface area (Å²) < 4.78 is 5.42. The zero-order chi connectivity index (χ0) is 18.9. The van der Waals surface area contributed by atoms with E-state index in [9.17, 15) is 9.59 Å². The third-order valence-corrected chi connectivity index (χ3v) is 7.35. The van der Waals surface area contributed by atoms with Crippen molar-refractivity contribution in [1.82, 2.24) is 10.9 Å². The van der Waals surface area contributed by atoms with E-state index in [1.807, 2.05) is 31.2 Å². The number of rotatable bonds is 6. The molecule has 0 aromatic heterocycles. The first kappa shape index (κ1) is 18.7. The first-order valence-electron chi connectivity index (χ1n) is 10.0. The van der Waals surface area contributed by atoms with E-state index in [2.05, 4.69) is 10.9 Å². The molecule has 146 valence electrons. The summed E-state index contributed by atoms with van der Waals surface area (Å²) in [5.74, 6) is 3.10. The van der Waals surface area contributed by atoms with Crippen LogP contribution < -0.4 is 15.6 Å². The van der Waals surface area contributed by atoms with Crippen molar-refractivity contribution in [2.45, 2.75) is 50.3 Å². The first-order chi connectivity index (χ1) is 13.1. The Labute approximate surface area is 165 Å². The SMILES string of the molecule is CCOc1ccc(SCC(=O)NNC(=O)C23CC4CC(CC(C4)C2)C3)cc1. The van der Waals surface area contributed by atoms with Crippen molar-refractivity contribution in [1.29, 1.82) is 0 Å². The van der Waals surface area contributed by atoms with Crippen LogP contribution in [0, 0.1) is 23.2 Å². The van der Waals surface area contributed by atoms with Crippen molar-refractivity contribution < 1.29 is 14.3 Å². The number of nitrogens with one attached hydrogen (secondary N) is 2. The Morgan fingerprint density at radius 2 is 1.63 bits per heavy atom. The van der Waals surface area contributed by atoms with Crippen molar-refractivity contribution in [3.05, 3.63) is 24.3 Å². The highest BCUT2D eigenvalue weighted by molar-refractivity contribution is 8.00. The number of benzene rings is 1. The van der Waals surface area contributed by atoms with Gasteiger partial charge in [0.05, 0.1) is 17.8 Å². The maximum Gasteiger partial charge on any atom is 0.248 e. The molecule has 2 N–H and O–H groups in total. The Morgan fingerprint density at radius 3 is 2.19 bits per heavy atom. The molecule has 0 heterocycles. The second-order valence-corrected chi connectivity index (χ2v) is 9.44. The molecule has 5 nitrogen and oxygen atoms in total. The monoisotopic (exact) mass is 388 g/mol. The molecule has 0 aliphatic heterocycles. The van der Waals surface area contributed by atoms with Gasteiger partial charge in [-0.3, -0.25) is 20.4 Å². The summed E-state index contributed by atoms with van der Waals surface area (Å²) in [7, 11) is 0. The summed E-state index contributed by atoms with van der Waals surface area (Å²) >= 11 is 1.45. The summed E-state index contributed by atoms with van der Waals surface area (Å²) in [6.07, 6.45) is 6.91. The van der Waals surface area contributed by atoms with Crippen LogP contribution in [0.5, 0.6) is 5.75 Å². The van der Waals surface area contributed by atoms with Crippen molar-refractivity contribution in [3.8, 4) is 5.75 Å². The van der Waals surface area contributed by atoms with Crippen LogP contribution in [0.4, 0.5) is 0 Å². The summed E-state index contributed by atoms with van der Waals surface area (Å²) in [6, 6.07) is 7.69. The predicted molar refractivity (Wildman–Crippen MR) is 105 cm³/mol. The molecule has 0 saturated heterocycles. The molecule has 1 aromatic carbocycles. The molecule has 4 aliphatic carbocycles. The highest BCUT2D eigenvalue weighted by Crippen LogP contribution is 2.60. The van der Waals surface area contributed by atoms with Gasteiger partial charge in [-0.15, -0.1) is 11.8 Å². The third kappa shape index (κ3) is 4.10. The summed E-state index contributed by atoms with van der Waals surface area (Å²) in [4.78, 5) is 26.0. The van der Waals surface area contributed by atoms with Crippen molar-refractivity contribution >= 4 is 23.6 Å². The number of hydrogen-bond donors (Lipinski definition) is 2. The van der Waals surface area contributed by atoms with E-state index in [0.717, 1.165) is 29.9 Å². The molecular weight excluding hydrogens is 360 g/mol. The van der Waals surface area contributed by atoms with E-state index in [0.29, 0.717) is 24.4 Å². The van der Waals surface area contributed by atoms with Crippen molar-refractivity contribution in [3.63, 3.8) is 0 Å². The fraction of sp³-hybridized carbons (Fsp3) is 0.619. The van der Waals surface area contributed by atoms with Crippen molar-refractivity contribution in [2.24, 2.45) is 23.2 Å². The molecule has 0 radical (unpaired) electrons. The fourth-order valence-electron chi connectivity index (χ4n) is 5.63. The average molecular weight is 389 g/mol. The Balaban J connectivity index is 1.24. The summed E-state index contributed by atoms with van der Waals surface area (Å²) in [5, 5.41) is 0. The van der Waals surface area contributed by atoms with E-state index < -0.39 is 0 Å². The van der Waals surface area contributed by atoms with Gasteiger partial charge in [0.2, 0.25) is 11.8 Å². The highest BCUT2D eigenvalue weighted by Gasteiger charge is 2.54. The number of hydrogen-bond acceptors (Lipinski definition) is 4. The Bertz CT molecular complexity index is 669. The quantitative estimate of drug-likeness (QED) is 0.578. The highest BCUT2D eigenvalue weighted by atomic mass is 32.2. The van der Waals surface area contributed by atoms with Gasteiger partial charge in [0.15, 0.2) is 0 Å². The van der Waals surface area contributed by atoms with Gasteiger partial charge in [0, 0.05) is 4.90 Å². The normalized spacial score (nSPS) is 30.8. The molecule has 2 amide bonds. The lowest BCUT2D eigenvalue weighted by Crippen LogP contribution is -2.56. The Kier molecular flexibility index (Phi) is 5.35. The lowest BCUT2D eigenvalue weighted by atomic mass is 9.49. The van der Waals surface area contributed by atoms with E-state index >= 15 is 0 Å². The number of ether oxygens (including phenoxy) is 1. The van der Waals surface area contributed by atoms with E-state index in [4.69, 9.17) is 4.74 Å². The molecule has 27 heavy (non-hydrogen) atoms. The molecule has 1 aromatic rings. The van der Waals surface area contributed by atoms with Gasteiger partial charge < -0.3 is 4.74 Å². The minimum atomic E-state index is -0.232. The van der Waals surface area contributed by atoms with Crippen LogP contribution in [0.3, 0.4) is 0 Å². The first-order valence-corrected chi connectivity index (χ1v) is 11.0. The zero-order valence-electron chi connectivity index (χ0n) is 15.8. The van der Waals surface area contributed by atoms with E-state index in [-0.39, 0.29) is 23.0 Å². The number of carbonyl (C=O) groups excluding carboxylic acids is 2. The molecular formula is C21H28N2O3S. The molecule has 0 unspecified atom stereocenters. The minimum Gasteiger partial charge on any atom is -0.494 e. The van der Waals surface area contributed by atoms with Crippen molar-refractivity contribution in [2.75, 3.05) is 12.4 Å². The maximum atomic E-state index is 12.8. The smallest absolute Gasteiger partial charge is 0.248 e. The van der Waals surface area contributed by atoms with Gasteiger partial charge in [-0.1, -0.05) is 0 Å². The molecule has 0 spiro atoms. The van der Waals surface area contributed by atoms with E-state index in [1.165, 1.54) is 31.0 Å². The van der Waals surface area contributed by atoms with Crippen LogP contribution in [0.2, 0.25) is 0 Å². The third-order valence-electron chi connectivity index (χ3n) is 6.34. The Morgan fingerprint density at radius 1 is 1.04 bits per heavy atom. The number of thioether (sulfide) groups is 1. The number of amides is 2. The maximum absolute atomic E-state index is 12.8. The number of carbonyl (C=O) groups is 2. The van der Waals surface area contributed by atoms with Crippen LogP contribution in [0.1, 0.15) is 45.4 Å². The van der Waals surface area contributed by atoms with Crippen LogP contribution >= 0.6 is 11.8 Å². The molecule has 4 aliphatic rings. The topological polar surface area (TPSA) is 67.4 Å². The lowest BCUT2D eigenvalue weighted by Gasteiger charge is -2.55. The van der Waals surface area contributed by atoms with Gasteiger partial charge in [-0.05, 0) is 87.5 Å². The van der Waals surface area contributed by atoms with E-state index in [1.54, 1.807) is 0 Å². The standard InChI is InChI=1S/C21H28N2O3S/c1-2-26-17-3-5-18(6-4-17)27-13-19(24)22-23-20(25)21-10-14-7-15(11-21)9-16(8-14)12-21/h3-6,14-16H,2,7-13H2,1H3,(H,22,24)(H,23,25). The number of hydrazine groups is 1. The van der Waals surface area contributed by atoms with Gasteiger partial charge in [0.1, 0.15) is 5.75 Å². The molecule has 4 bridgehead atoms. The second-order valence-electron chi connectivity index (χ2n) is 8.39. The van der Waals surface area contributed by atoms with Gasteiger partial charge in [-0.25, -0.2) is 0 Å². The van der Waals surface area contributed by atoms with Crippen LogP contribution in [0.25, 0.3) is 0 Å². The zero-order valence-corrected chi connectivity index (χ0v) is 16.6. The van der Waals surface area contributed by atoms with Gasteiger partial charge >= 0.3 is 0 Å². The minimum absolute atomic E-state index is 0.0287. The van der Waals surface area contributed by atoms with Crippen LogP contribution in [0.15, 0.2) is 29.2 Å². The molecule has 0 atom stereocenters. The molecule has 5 rings (SSSR count). The predicted octanol–water partition coefficient (Wildman–Crippen LogP) is 3.54. The van der Waals surface area contributed by atoms with Crippen LogP contribution in [-0.2, 0) is 9.59 Å². The fourth-order valence-corrected chi connectivity index (χ4v) is 6.33. The molecule has 6 heteroatoms.